The topological polar surface area (TPSA) is 194 Å². The lowest BCUT2D eigenvalue weighted by Crippen LogP contribution is -2.44. The van der Waals surface area contributed by atoms with Crippen molar-refractivity contribution in [3.8, 4) is 0 Å². The van der Waals surface area contributed by atoms with Crippen molar-refractivity contribution in [3.05, 3.63) is 71.8 Å². The molecule has 3 amide bonds. The normalized spacial score (nSPS) is 26.2. The quantitative estimate of drug-likeness (QED) is 0.267. The van der Waals surface area contributed by atoms with Crippen molar-refractivity contribution in [1.82, 2.24) is 35.5 Å². The van der Waals surface area contributed by atoms with E-state index in [1.54, 1.807) is 49.3 Å². The first kappa shape index (κ1) is 41.5. The number of aliphatic hydroxyl groups is 1. The molecule has 2 aromatic heterocycles. The van der Waals surface area contributed by atoms with E-state index in [1.165, 1.54) is 17.1 Å². The van der Waals surface area contributed by atoms with Gasteiger partial charge in [0.15, 0.2) is 11.6 Å². The first-order chi connectivity index (χ1) is 25.9. The van der Waals surface area contributed by atoms with Crippen molar-refractivity contribution in [2.45, 2.75) is 90.8 Å². The average molecular weight is 751 g/mol. The molecule has 0 spiro atoms. The maximum atomic E-state index is 14.8. The maximum Gasteiger partial charge on any atom is 0.329 e. The lowest BCUT2D eigenvalue weighted by atomic mass is 9.89. The Morgan fingerprint density at radius 2 is 2.06 bits per heavy atom. The Bertz CT molecular complexity index is 1760. The fourth-order valence-corrected chi connectivity index (χ4v) is 6.33. The second kappa shape index (κ2) is 20.3. The van der Waals surface area contributed by atoms with Gasteiger partial charge in [-0.1, -0.05) is 55.0 Å². The summed E-state index contributed by atoms with van der Waals surface area (Å²) in [5, 5.41) is 24.3. The van der Waals surface area contributed by atoms with Crippen molar-refractivity contribution in [1.29, 1.82) is 0 Å². The first-order valence-corrected chi connectivity index (χ1v) is 18.2. The lowest BCUT2D eigenvalue weighted by molar-refractivity contribution is -0.159. The fourth-order valence-electron chi connectivity index (χ4n) is 6.33. The number of aliphatic hydroxyl groups excluding tert-OH is 1. The maximum absolute atomic E-state index is 14.8. The number of hydrogen-bond donors (Lipinski definition) is 3. The number of oxazole rings is 1. The summed E-state index contributed by atoms with van der Waals surface area (Å²) in [6.07, 6.45) is 11.1. The third-order valence-corrected chi connectivity index (χ3v) is 9.00. The summed E-state index contributed by atoms with van der Waals surface area (Å²) < 4.78 is 27.9. The predicted octanol–water partition coefficient (Wildman–Crippen LogP) is 3.19. The highest BCUT2D eigenvalue weighted by molar-refractivity contribution is 6.08. The fraction of sp³-hybridized carbons (Fsp3) is 0.526. The van der Waals surface area contributed by atoms with Gasteiger partial charge in [-0.05, 0) is 38.7 Å². The summed E-state index contributed by atoms with van der Waals surface area (Å²) in [6, 6.07) is -0.924. The van der Waals surface area contributed by atoms with Gasteiger partial charge in [0.1, 0.15) is 30.3 Å². The number of alkyl halides is 1. The van der Waals surface area contributed by atoms with Gasteiger partial charge < -0.3 is 29.8 Å². The van der Waals surface area contributed by atoms with E-state index < -0.39 is 48.1 Å². The number of hydrogen-bond acceptors (Lipinski definition) is 11. The molecule has 15 nitrogen and oxygen atoms in total. The molecule has 4 rings (SSSR count). The second-order valence-electron chi connectivity index (χ2n) is 13.7. The molecule has 1 saturated heterocycles. The van der Waals surface area contributed by atoms with E-state index in [-0.39, 0.29) is 62.3 Å². The van der Waals surface area contributed by atoms with Crippen LogP contribution in [0.4, 0.5) is 4.39 Å². The number of carbonyl (C=O) groups excluding carboxylic acids is 4. The summed E-state index contributed by atoms with van der Waals surface area (Å²) in [6.45, 7) is 8.32. The molecule has 292 valence electrons. The van der Waals surface area contributed by atoms with Crippen LogP contribution in [0.5, 0.6) is 0 Å². The number of halogens is 1. The molecule has 0 saturated carbocycles. The van der Waals surface area contributed by atoms with Crippen molar-refractivity contribution in [2.75, 3.05) is 26.7 Å². The minimum absolute atomic E-state index is 0.00495. The van der Waals surface area contributed by atoms with E-state index in [0.717, 1.165) is 11.8 Å². The second-order valence-corrected chi connectivity index (χ2v) is 13.7. The summed E-state index contributed by atoms with van der Waals surface area (Å²) in [7, 11) is 1.67. The third kappa shape index (κ3) is 12.1. The smallest absolute Gasteiger partial charge is 0.329 e. The Morgan fingerprint density at radius 1 is 1.26 bits per heavy atom. The molecule has 0 aromatic carbocycles. The van der Waals surface area contributed by atoms with Crippen LogP contribution in [0.25, 0.3) is 5.57 Å². The molecule has 3 N–H and O–H groups in total. The molecule has 4 heterocycles. The molecule has 1 fully saturated rings. The number of rotatable bonds is 8. The SMILES string of the molecule is C/C=C(\C=N/C)c1cn(CCNC(=O)C[C@@H]2/C=C/C(=O)NC/C=C/C(C)=C/[C@@H](O)C[C@@H](F)Cc3nc(co3)C(=O)N3CCC[C@@H]3C(=O)O[C@@H]2C(C)C)nn1. The van der Waals surface area contributed by atoms with Crippen LogP contribution < -0.4 is 10.6 Å². The number of allylic oxidation sites excluding steroid dienone is 4. The molecular formula is C38H51FN8O7. The van der Waals surface area contributed by atoms with Crippen LogP contribution >= 0.6 is 0 Å². The Balaban J connectivity index is 1.54. The van der Waals surface area contributed by atoms with Crippen molar-refractivity contribution < 1.29 is 37.8 Å². The number of carbonyl (C=O) groups is 4. The standard InChI is InChI=1S/C38H51FN8O7/c1-6-26(21-40-5)30-22-46(45-44-30)16-14-42-34(50)18-27-11-12-33(49)41-13-7-9-25(4)17-29(48)19-28(39)20-35-43-31(23-53-35)37(51)47-15-8-10-32(47)38(52)54-36(27)24(2)3/h6-7,9,11-12,17,21-24,27-29,32,36,48H,8,10,13-16,18-20H2,1-5H3,(H,41,49)(H,42,50)/b9-7+,12-11+,25-17+,26-6+,40-21-/t27-,28+,29+,32+,36+/m0/s1. The molecule has 2 aliphatic heterocycles. The largest absolute Gasteiger partial charge is 0.460 e. The highest BCUT2D eigenvalue weighted by Crippen LogP contribution is 2.27. The average Bonchev–Trinajstić information content (AvgIpc) is 3.91. The number of fused-ring (bicyclic) bond motifs is 3. The number of aliphatic imine (C=N–C) groups is 1. The van der Waals surface area contributed by atoms with Gasteiger partial charge in [0.25, 0.3) is 5.91 Å². The van der Waals surface area contributed by atoms with E-state index >= 15 is 0 Å². The van der Waals surface area contributed by atoms with Gasteiger partial charge in [0, 0.05) is 57.2 Å². The van der Waals surface area contributed by atoms with Crippen LogP contribution in [-0.4, -0.2) is 111 Å². The minimum atomic E-state index is -1.50. The zero-order chi connectivity index (χ0) is 39.2. The van der Waals surface area contributed by atoms with Gasteiger partial charge in [-0.3, -0.25) is 24.1 Å². The molecule has 0 radical (unpaired) electrons. The van der Waals surface area contributed by atoms with E-state index in [0.29, 0.717) is 30.7 Å². The molecule has 54 heavy (non-hydrogen) atoms. The van der Waals surface area contributed by atoms with E-state index in [9.17, 15) is 28.7 Å². The monoisotopic (exact) mass is 750 g/mol. The zero-order valence-corrected chi connectivity index (χ0v) is 31.5. The Kier molecular flexibility index (Phi) is 15.6. The molecule has 0 aliphatic carbocycles. The van der Waals surface area contributed by atoms with Gasteiger partial charge in [0.2, 0.25) is 11.8 Å². The number of cyclic esters (lactones) is 1. The van der Waals surface area contributed by atoms with Crippen LogP contribution in [-0.2, 0) is 32.1 Å². The van der Waals surface area contributed by atoms with Gasteiger partial charge in [-0.2, -0.15) is 0 Å². The lowest BCUT2D eigenvalue weighted by Gasteiger charge is -2.30. The van der Waals surface area contributed by atoms with Crippen molar-refractivity contribution in [3.63, 3.8) is 0 Å². The van der Waals surface area contributed by atoms with Gasteiger partial charge in [-0.15, -0.1) is 5.10 Å². The highest BCUT2D eigenvalue weighted by Gasteiger charge is 2.39. The minimum Gasteiger partial charge on any atom is -0.460 e. The van der Waals surface area contributed by atoms with Gasteiger partial charge >= 0.3 is 5.97 Å². The Morgan fingerprint density at radius 3 is 2.80 bits per heavy atom. The molecule has 2 bridgehead atoms. The molecule has 5 atom stereocenters. The summed E-state index contributed by atoms with van der Waals surface area (Å²) in [4.78, 5) is 63.0. The van der Waals surface area contributed by atoms with Crippen molar-refractivity contribution in [2.24, 2.45) is 16.8 Å². The molecule has 2 aromatic rings. The zero-order valence-electron chi connectivity index (χ0n) is 31.5. The van der Waals surface area contributed by atoms with Crippen LogP contribution in [0.3, 0.4) is 0 Å². The van der Waals surface area contributed by atoms with Gasteiger partial charge in [0.05, 0.1) is 25.3 Å². The predicted molar refractivity (Wildman–Crippen MR) is 199 cm³/mol. The van der Waals surface area contributed by atoms with E-state index in [1.807, 2.05) is 26.8 Å². The number of aromatic nitrogens is 4. The molecule has 16 heteroatoms. The summed E-state index contributed by atoms with van der Waals surface area (Å²) in [5.74, 6) is -2.96. The number of nitrogens with one attached hydrogen (secondary N) is 2. The molecular weight excluding hydrogens is 699 g/mol. The third-order valence-electron chi connectivity index (χ3n) is 9.00. The number of nitrogens with zero attached hydrogens (tertiary/aromatic N) is 6. The summed E-state index contributed by atoms with van der Waals surface area (Å²) in [5.41, 5.74) is 2.05. The van der Waals surface area contributed by atoms with Gasteiger partial charge in [-0.25, -0.2) is 14.2 Å². The van der Waals surface area contributed by atoms with Crippen molar-refractivity contribution >= 4 is 35.5 Å². The Labute approximate surface area is 314 Å². The number of ether oxygens (including phenoxy) is 1. The van der Waals surface area contributed by atoms with Crippen LogP contribution in [0.1, 0.15) is 75.5 Å². The number of esters is 1. The van der Waals surface area contributed by atoms with Crippen LogP contribution in [0.2, 0.25) is 0 Å². The van der Waals surface area contributed by atoms with E-state index in [2.05, 4.69) is 30.9 Å². The van der Waals surface area contributed by atoms with E-state index in [4.69, 9.17) is 9.15 Å². The first-order valence-electron chi connectivity index (χ1n) is 18.2. The molecule has 2 aliphatic rings. The molecule has 0 unspecified atom stereocenters. The van der Waals surface area contributed by atoms with Crippen LogP contribution in [0, 0.1) is 11.8 Å². The Hall–Kier alpha value is -5.25. The highest BCUT2D eigenvalue weighted by atomic mass is 19.1. The summed E-state index contributed by atoms with van der Waals surface area (Å²) >= 11 is 0. The van der Waals surface area contributed by atoms with Crippen LogP contribution in [0.15, 0.2) is 63.9 Å². The number of amides is 3.